The number of thiazole rings is 1. The number of aryl methyl sites for hydroxylation is 2. The summed E-state index contributed by atoms with van der Waals surface area (Å²) in [7, 11) is 0. The number of aromatic nitrogens is 3. The molecule has 0 saturated carbocycles. The molecule has 2 aromatic heterocycles. The Balaban J connectivity index is 2.53. The van der Waals surface area contributed by atoms with E-state index in [1.54, 1.807) is 0 Å². The third-order valence-electron chi connectivity index (χ3n) is 2.20. The molecular formula is C9H12N4OS. The molecule has 80 valence electrons. The SMILES string of the molecule is CCNC(=O)c1sc2nnc(C)n2c1C. The van der Waals surface area contributed by atoms with Crippen LogP contribution in [0.1, 0.15) is 28.1 Å². The van der Waals surface area contributed by atoms with Gasteiger partial charge in [-0.25, -0.2) is 0 Å². The second-order valence-corrected chi connectivity index (χ2v) is 4.22. The van der Waals surface area contributed by atoms with Crippen LogP contribution in [-0.4, -0.2) is 27.0 Å². The molecule has 0 aliphatic heterocycles. The number of nitrogens with zero attached hydrogens (tertiary/aromatic N) is 3. The standard InChI is InChI=1S/C9H12N4OS/c1-4-10-8(14)7-5(2)13-6(3)11-12-9(13)15-7/h4H2,1-3H3,(H,10,14). The highest BCUT2D eigenvalue weighted by molar-refractivity contribution is 7.19. The number of hydrogen-bond donors (Lipinski definition) is 1. The van der Waals surface area contributed by atoms with Crippen LogP contribution in [0.5, 0.6) is 0 Å². The van der Waals surface area contributed by atoms with Gasteiger partial charge in [-0.15, -0.1) is 10.2 Å². The molecule has 6 heteroatoms. The topological polar surface area (TPSA) is 59.3 Å². The highest BCUT2D eigenvalue weighted by Crippen LogP contribution is 2.22. The van der Waals surface area contributed by atoms with Crippen molar-refractivity contribution < 1.29 is 4.79 Å². The average Bonchev–Trinajstić information content (AvgIpc) is 2.70. The molecule has 1 N–H and O–H groups in total. The van der Waals surface area contributed by atoms with Gasteiger partial charge >= 0.3 is 0 Å². The molecule has 0 atom stereocenters. The zero-order valence-electron chi connectivity index (χ0n) is 8.87. The van der Waals surface area contributed by atoms with Gasteiger partial charge in [0.1, 0.15) is 10.7 Å². The maximum absolute atomic E-state index is 11.7. The predicted octanol–water partition coefficient (Wildman–Crippen LogP) is 1.16. The van der Waals surface area contributed by atoms with Crippen LogP contribution in [0.3, 0.4) is 0 Å². The quantitative estimate of drug-likeness (QED) is 0.832. The Hall–Kier alpha value is -1.43. The lowest BCUT2D eigenvalue weighted by atomic mass is 10.3. The van der Waals surface area contributed by atoms with E-state index < -0.39 is 0 Å². The van der Waals surface area contributed by atoms with Crippen LogP contribution in [0.15, 0.2) is 0 Å². The summed E-state index contributed by atoms with van der Waals surface area (Å²) >= 11 is 1.37. The Bertz CT molecular complexity index is 513. The molecule has 0 aromatic carbocycles. The zero-order valence-corrected chi connectivity index (χ0v) is 9.68. The van der Waals surface area contributed by atoms with Gasteiger partial charge in [-0.2, -0.15) is 0 Å². The Morgan fingerprint density at radius 3 is 2.80 bits per heavy atom. The number of carbonyl (C=O) groups is 1. The molecule has 0 unspecified atom stereocenters. The first-order chi connectivity index (χ1) is 7.15. The summed E-state index contributed by atoms with van der Waals surface area (Å²) in [5.41, 5.74) is 0.906. The van der Waals surface area contributed by atoms with E-state index in [-0.39, 0.29) is 5.91 Å². The van der Waals surface area contributed by atoms with Gasteiger partial charge in [0.05, 0.1) is 0 Å². The van der Waals surface area contributed by atoms with Crippen molar-refractivity contribution in [1.82, 2.24) is 19.9 Å². The first-order valence-electron chi connectivity index (χ1n) is 4.74. The summed E-state index contributed by atoms with van der Waals surface area (Å²) in [5.74, 6) is 0.777. The molecule has 0 aliphatic rings. The molecular weight excluding hydrogens is 212 g/mol. The van der Waals surface area contributed by atoms with Gasteiger partial charge in [-0.1, -0.05) is 11.3 Å². The summed E-state index contributed by atoms with van der Waals surface area (Å²) in [4.78, 5) is 13.2. The van der Waals surface area contributed by atoms with Crippen molar-refractivity contribution in [2.45, 2.75) is 20.8 Å². The van der Waals surface area contributed by atoms with E-state index in [4.69, 9.17) is 0 Å². The smallest absolute Gasteiger partial charge is 0.263 e. The lowest BCUT2D eigenvalue weighted by Gasteiger charge is -1.99. The van der Waals surface area contributed by atoms with E-state index in [0.717, 1.165) is 16.5 Å². The number of rotatable bonds is 2. The van der Waals surface area contributed by atoms with Crippen molar-refractivity contribution in [2.75, 3.05) is 6.54 Å². The highest BCUT2D eigenvalue weighted by atomic mass is 32.1. The van der Waals surface area contributed by atoms with Crippen molar-refractivity contribution in [3.8, 4) is 0 Å². The van der Waals surface area contributed by atoms with Crippen molar-refractivity contribution in [1.29, 1.82) is 0 Å². The van der Waals surface area contributed by atoms with E-state index in [0.29, 0.717) is 11.4 Å². The summed E-state index contributed by atoms with van der Waals surface area (Å²) in [6, 6.07) is 0. The van der Waals surface area contributed by atoms with Crippen LogP contribution in [0.2, 0.25) is 0 Å². The molecule has 2 rings (SSSR count). The molecule has 0 bridgehead atoms. The lowest BCUT2D eigenvalue weighted by Crippen LogP contribution is -2.22. The number of amides is 1. The molecule has 0 fully saturated rings. The van der Waals surface area contributed by atoms with Crippen molar-refractivity contribution >= 4 is 22.2 Å². The molecule has 0 saturated heterocycles. The second-order valence-electron chi connectivity index (χ2n) is 3.24. The monoisotopic (exact) mass is 224 g/mol. The third-order valence-corrected chi connectivity index (χ3v) is 3.33. The molecule has 0 spiro atoms. The first kappa shape index (κ1) is 10.1. The molecule has 5 nitrogen and oxygen atoms in total. The van der Waals surface area contributed by atoms with Gasteiger partial charge in [0, 0.05) is 12.2 Å². The van der Waals surface area contributed by atoms with Crippen LogP contribution in [0.25, 0.3) is 4.96 Å². The van der Waals surface area contributed by atoms with Crippen LogP contribution in [0, 0.1) is 13.8 Å². The molecule has 0 aliphatic carbocycles. The molecule has 2 heterocycles. The Kier molecular flexibility index (Phi) is 2.44. The van der Waals surface area contributed by atoms with E-state index in [1.165, 1.54) is 11.3 Å². The summed E-state index contributed by atoms with van der Waals surface area (Å²) in [6.07, 6.45) is 0. The fourth-order valence-electron chi connectivity index (χ4n) is 1.51. The minimum Gasteiger partial charge on any atom is -0.352 e. The predicted molar refractivity (Wildman–Crippen MR) is 58.3 cm³/mol. The van der Waals surface area contributed by atoms with Gasteiger partial charge < -0.3 is 5.32 Å². The Morgan fingerprint density at radius 1 is 1.47 bits per heavy atom. The maximum Gasteiger partial charge on any atom is 0.263 e. The van der Waals surface area contributed by atoms with Crippen LogP contribution >= 0.6 is 11.3 Å². The minimum atomic E-state index is -0.0371. The number of carbonyl (C=O) groups excluding carboxylic acids is 1. The van der Waals surface area contributed by atoms with Gasteiger partial charge in [-0.05, 0) is 20.8 Å². The number of nitrogens with one attached hydrogen (secondary N) is 1. The summed E-state index contributed by atoms with van der Waals surface area (Å²) in [5, 5.41) is 10.7. The second kappa shape index (κ2) is 3.62. The fourth-order valence-corrected chi connectivity index (χ4v) is 2.54. The first-order valence-corrected chi connectivity index (χ1v) is 5.56. The molecule has 2 aromatic rings. The molecule has 0 radical (unpaired) electrons. The fraction of sp³-hybridized carbons (Fsp3) is 0.444. The van der Waals surface area contributed by atoms with Crippen molar-refractivity contribution in [3.05, 3.63) is 16.4 Å². The van der Waals surface area contributed by atoms with E-state index in [1.807, 2.05) is 25.2 Å². The van der Waals surface area contributed by atoms with Crippen LogP contribution < -0.4 is 5.32 Å². The zero-order chi connectivity index (χ0) is 11.0. The molecule has 1 amide bonds. The van der Waals surface area contributed by atoms with Crippen molar-refractivity contribution in [2.24, 2.45) is 0 Å². The maximum atomic E-state index is 11.7. The van der Waals surface area contributed by atoms with Gasteiger partial charge in [0.15, 0.2) is 0 Å². The van der Waals surface area contributed by atoms with Gasteiger partial charge in [-0.3, -0.25) is 9.20 Å². The largest absolute Gasteiger partial charge is 0.352 e. The minimum absolute atomic E-state index is 0.0371. The average molecular weight is 224 g/mol. The van der Waals surface area contributed by atoms with Crippen molar-refractivity contribution in [3.63, 3.8) is 0 Å². The highest BCUT2D eigenvalue weighted by Gasteiger charge is 2.17. The number of hydrogen-bond acceptors (Lipinski definition) is 4. The Labute approximate surface area is 91.1 Å². The lowest BCUT2D eigenvalue weighted by molar-refractivity contribution is 0.0959. The van der Waals surface area contributed by atoms with Crippen LogP contribution in [-0.2, 0) is 0 Å². The van der Waals surface area contributed by atoms with Gasteiger partial charge in [0.25, 0.3) is 5.91 Å². The number of fused-ring (bicyclic) bond motifs is 1. The third kappa shape index (κ3) is 1.50. The summed E-state index contributed by atoms with van der Waals surface area (Å²) in [6.45, 7) is 6.32. The summed E-state index contributed by atoms with van der Waals surface area (Å²) < 4.78 is 1.90. The van der Waals surface area contributed by atoms with E-state index in [2.05, 4.69) is 15.5 Å². The normalized spacial score (nSPS) is 10.9. The van der Waals surface area contributed by atoms with Gasteiger partial charge in [0.2, 0.25) is 4.96 Å². The Morgan fingerprint density at radius 2 is 2.20 bits per heavy atom. The molecule has 15 heavy (non-hydrogen) atoms. The van der Waals surface area contributed by atoms with E-state index in [9.17, 15) is 4.79 Å². The van der Waals surface area contributed by atoms with Crippen LogP contribution in [0.4, 0.5) is 0 Å². The van der Waals surface area contributed by atoms with E-state index >= 15 is 0 Å².